The lowest BCUT2D eigenvalue weighted by atomic mass is 9.81. The molecule has 0 radical (unpaired) electrons. The zero-order chi connectivity index (χ0) is 10.1. The molecule has 14 heavy (non-hydrogen) atoms. The summed E-state index contributed by atoms with van der Waals surface area (Å²) in [5.41, 5.74) is 0. The highest BCUT2D eigenvalue weighted by Gasteiger charge is 2.26. The smallest absolute Gasteiger partial charge is 0.0897 e. The van der Waals surface area contributed by atoms with E-state index in [0.717, 1.165) is 17.0 Å². The maximum absolute atomic E-state index is 4.28. The number of hydrogen-bond acceptors (Lipinski definition) is 3. The van der Waals surface area contributed by atoms with E-state index in [-0.39, 0.29) is 0 Å². The number of nitrogens with one attached hydrogen (secondary N) is 1. The van der Waals surface area contributed by atoms with Crippen LogP contribution in [0.5, 0.6) is 0 Å². The summed E-state index contributed by atoms with van der Waals surface area (Å²) in [4.78, 5) is 5.65. The maximum atomic E-state index is 4.28. The van der Waals surface area contributed by atoms with Crippen LogP contribution in [0.4, 0.5) is 0 Å². The molecule has 0 saturated heterocycles. The third-order valence-corrected chi connectivity index (χ3v) is 4.02. The minimum Gasteiger partial charge on any atom is -0.307 e. The van der Waals surface area contributed by atoms with Crippen molar-refractivity contribution < 1.29 is 0 Å². The van der Waals surface area contributed by atoms with Crippen LogP contribution in [0.15, 0.2) is 6.20 Å². The molecule has 78 valence electrons. The van der Waals surface area contributed by atoms with Crippen LogP contribution in [0.3, 0.4) is 0 Å². The standard InChI is InChI=1S/C11H18N2S/c1-7-4-10(5-7)13-8(2)11-6-12-9(3)14-11/h6-8,10,13H,4-5H2,1-3H3. The summed E-state index contributed by atoms with van der Waals surface area (Å²) in [6.45, 7) is 6.61. The van der Waals surface area contributed by atoms with Gasteiger partial charge in [0.1, 0.15) is 0 Å². The molecule has 1 atom stereocenters. The van der Waals surface area contributed by atoms with Crippen molar-refractivity contribution in [2.24, 2.45) is 5.92 Å². The summed E-state index contributed by atoms with van der Waals surface area (Å²) in [7, 11) is 0. The van der Waals surface area contributed by atoms with E-state index in [0.29, 0.717) is 6.04 Å². The Kier molecular flexibility index (Phi) is 2.88. The second kappa shape index (κ2) is 3.99. The molecule has 0 amide bonds. The van der Waals surface area contributed by atoms with Crippen LogP contribution in [0.1, 0.15) is 42.6 Å². The minimum atomic E-state index is 0.471. The van der Waals surface area contributed by atoms with Crippen molar-refractivity contribution in [2.45, 2.75) is 45.7 Å². The van der Waals surface area contributed by atoms with Crippen LogP contribution in [0.2, 0.25) is 0 Å². The van der Waals surface area contributed by atoms with Gasteiger partial charge in [-0.1, -0.05) is 6.92 Å². The predicted octanol–water partition coefficient (Wildman–Crippen LogP) is 2.90. The topological polar surface area (TPSA) is 24.9 Å². The molecule has 1 fully saturated rings. The zero-order valence-corrected chi connectivity index (χ0v) is 9.90. The second-order valence-electron chi connectivity index (χ2n) is 4.44. The molecule has 2 rings (SSSR count). The van der Waals surface area contributed by atoms with Gasteiger partial charge in [-0.25, -0.2) is 4.98 Å². The Bertz CT molecular complexity index is 302. The van der Waals surface area contributed by atoms with Gasteiger partial charge in [-0.15, -0.1) is 11.3 Å². The summed E-state index contributed by atoms with van der Waals surface area (Å²) in [5.74, 6) is 0.919. The monoisotopic (exact) mass is 210 g/mol. The van der Waals surface area contributed by atoms with Crippen LogP contribution >= 0.6 is 11.3 Å². The Labute approximate surface area is 89.8 Å². The third kappa shape index (κ3) is 2.15. The van der Waals surface area contributed by atoms with Crippen molar-refractivity contribution in [3.8, 4) is 0 Å². The first-order valence-electron chi connectivity index (χ1n) is 5.33. The van der Waals surface area contributed by atoms with E-state index in [4.69, 9.17) is 0 Å². The Morgan fingerprint density at radius 1 is 1.57 bits per heavy atom. The Morgan fingerprint density at radius 2 is 2.29 bits per heavy atom. The fraction of sp³-hybridized carbons (Fsp3) is 0.727. The summed E-state index contributed by atoms with van der Waals surface area (Å²) in [6.07, 6.45) is 4.67. The highest BCUT2D eigenvalue weighted by molar-refractivity contribution is 7.11. The van der Waals surface area contributed by atoms with E-state index in [1.54, 1.807) is 11.3 Å². The summed E-state index contributed by atoms with van der Waals surface area (Å²) < 4.78 is 0. The molecule has 1 aliphatic carbocycles. The van der Waals surface area contributed by atoms with Gasteiger partial charge in [-0.2, -0.15) is 0 Å². The summed E-state index contributed by atoms with van der Waals surface area (Å²) in [6, 6.07) is 1.21. The number of hydrogen-bond donors (Lipinski definition) is 1. The molecule has 2 nitrogen and oxygen atoms in total. The highest BCUT2D eigenvalue weighted by atomic mass is 32.1. The van der Waals surface area contributed by atoms with Gasteiger partial charge in [0.15, 0.2) is 0 Å². The molecule has 1 aromatic heterocycles. The molecule has 0 aromatic carbocycles. The summed E-state index contributed by atoms with van der Waals surface area (Å²) in [5, 5.41) is 4.81. The lowest BCUT2D eigenvalue weighted by molar-refractivity contribution is 0.227. The third-order valence-electron chi connectivity index (χ3n) is 2.93. The number of aryl methyl sites for hydroxylation is 1. The molecule has 1 aliphatic rings. The van der Waals surface area contributed by atoms with Crippen LogP contribution < -0.4 is 5.32 Å². The van der Waals surface area contributed by atoms with Crippen LogP contribution in [0.25, 0.3) is 0 Å². The molecular weight excluding hydrogens is 192 g/mol. The van der Waals surface area contributed by atoms with Crippen molar-refractivity contribution in [3.05, 3.63) is 16.1 Å². The molecular formula is C11H18N2S. The van der Waals surface area contributed by atoms with Crippen LogP contribution in [0, 0.1) is 12.8 Å². The lowest BCUT2D eigenvalue weighted by Gasteiger charge is -2.35. The van der Waals surface area contributed by atoms with Gasteiger partial charge >= 0.3 is 0 Å². The molecule has 0 aliphatic heterocycles. The van der Waals surface area contributed by atoms with Crippen LogP contribution in [-0.4, -0.2) is 11.0 Å². The van der Waals surface area contributed by atoms with E-state index in [1.807, 2.05) is 6.20 Å². The predicted molar refractivity (Wildman–Crippen MR) is 60.6 cm³/mol. The normalized spacial score (nSPS) is 28.5. The van der Waals surface area contributed by atoms with Crippen molar-refractivity contribution >= 4 is 11.3 Å². The number of thiazole rings is 1. The molecule has 1 saturated carbocycles. The van der Waals surface area contributed by atoms with Crippen molar-refractivity contribution in [2.75, 3.05) is 0 Å². The molecule has 1 N–H and O–H groups in total. The van der Waals surface area contributed by atoms with Gasteiger partial charge in [-0.05, 0) is 32.6 Å². The largest absolute Gasteiger partial charge is 0.307 e. The number of rotatable bonds is 3. The quantitative estimate of drug-likeness (QED) is 0.829. The molecule has 0 spiro atoms. The van der Waals surface area contributed by atoms with Gasteiger partial charge in [0.05, 0.1) is 5.01 Å². The Balaban J connectivity index is 1.86. The van der Waals surface area contributed by atoms with Gasteiger partial charge in [-0.3, -0.25) is 0 Å². The SMILES string of the molecule is Cc1ncc(C(C)NC2CC(C)C2)s1. The fourth-order valence-electron chi connectivity index (χ4n) is 2.05. The van der Waals surface area contributed by atoms with E-state index < -0.39 is 0 Å². The number of nitrogens with zero attached hydrogens (tertiary/aromatic N) is 1. The molecule has 1 unspecified atom stereocenters. The fourth-order valence-corrected chi connectivity index (χ4v) is 2.85. The van der Waals surface area contributed by atoms with E-state index in [1.165, 1.54) is 17.7 Å². The van der Waals surface area contributed by atoms with Gasteiger partial charge in [0.2, 0.25) is 0 Å². The first-order valence-corrected chi connectivity index (χ1v) is 6.15. The first-order chi connectivity index (χ1) is 6.65. The Hall–Kier alpha value is -0.410. The van der Waals surface area contributed by atoms with Crippen molar-refractivity contribution in [3.63, 3.8) is 0 Å². The van der Waals surface area contributed by atoms with Crippen LogP contribution in [-0.2, 0) is 0 Å². The Morgan fingerprint density at radius 3 is 2.79 bits per heavy atom. The zero-order valence-electron chi connectivity index (χ0n) is 9.08. The molecule has 1 heterocycles. The first kappa shape index (κ1) is 10.1. The highest BCUT2D eigenvalue weighted by Crippen LogP contribution is 2.29. The maximum Gasteiger partial charge on any atom is 0.0897 e. The second-order valence-corrected chi connectivity index (χ2v) is 5.71. The average Bonchev–Trinajstić information content (AvgIpc) is 2.49. The molecule has 3 heteroatoms. The minimum absolute atomic E-state index is 0.471. The molecule has 1 aromatic rings. The van der Waals surface area contributed by atoms with Crippen molar-refractivity contribution in [1.82, 2.24) is 10.3 Å². The lowest BCUT2D eigenvalue weighted by Crippen LogP contribution is -2.41. The van der Waals surface area contributed by atoms with E-state index in [2.05, 4.69) is 31.1 Å². The average molecular weight is 210 g/mol. The van der Waals surface area contributed by atoms with Crippen molar-refractivity contribution in [1.29, 1.82) is 0 Å². The van der Waals surface area contributed by atoms with Gasteiger partial charge in [0, 0.05) is 23.2 Å². The summed E-state index contributed by atoms with van der Waals surface area (Å²) >= 11 is 1.80. The molecule has 0 bridgehead atoms. The number of aromatic nitrogens is 1. The van der Waals surface area contributed by atoms with E-state index >= 15 is 0 Å². The van der Waals surface area contributed by atoms with Gasteiger partial charge < -0.3 is 5.32 Å². The van der Waals surface area contributed by atoms with Gasteiger partial charge in [0.25, 0.3) is 0 Å². The van der Waals surface area contributed by atoms with E-state index in [9.17, 15) is 0 Å².